The number of ether oxygens (including phenoxy) is 1. The van der Waals surface area contributed by atoms with Gasteiger partial charge < -0.3 is 4.74 Å². The molecule has 1 aliphatic rings. The van der Waals surface area contributed by atoms with Crippen molar-refractivity contribution in [3.8, 4) is 5.75 Å². The lowest BCUT2D eigenvalue weighted by molar-refractivity contribution is 0.0701. The first-order valence-corrected chi connectivity index (χ1v) is 7.82. The summed E-state index contributed by atoms with van der Waals surface area (Å²) in [5.74, 6) is 0.771. The van der Waals surface area contributed by atoms with Crippen LogP contribution in [0.4, 0.5) is 0 Å². The molecule has 0 bridgehead atoms. The predicted molar refractivity (Wildman–Crippen MR) is 71.2 cm³/mol. The number of hydrogen-bond acceptors (Lipinski definition) is 3. The van der Waals surface area contributed by atoms with Gasteiger partial charge in [0.15, 0.2) is 0 Å². The number of aryl methyl sites for hydroxylation is 1. The summed E-state index contributed by atoms with van der Waals surface area (Å²) in [6.45, 7) is 5.93. The first-order valence-electron chi connectivity index (χ1n) is 5.93. The average Bonchev–Trinajstić information content (AvgIpc) is 2.11. The molecule has 0 fully saturated rings. The van der Waals surface area contributed by atoms with Crippen LogP contribution < -0.4 is 9.46 Å². The van der Waals surface area contributed by atoms with E-state index >= 15 is 0 Å². The van der Waals surface area contributed by atoms with Gasteiger partial charge in [-0.1, -0.05) is 12.1 Å². The van der Waals surface area contributed by atoms with Gasteiger partial charge in [-0.25, -0.2) is 13.1 Å². The molecular formula is C13H19NO3S. The fraction of sp³-hybridized carbons (Fsp3) is 0.538. The normalized spacial score (nSPS) is 22.1. The van der Waals surface area contributed by atoms with Gasteiger partial charge in [0.25, 0.3) is 0 Å². The Morgan fingerprint density at radius 3 is 2.67 bits per heavy atom. The number of fused-ring (bicyclic) bond motifs is 1. The van der Waals surface area contributed by atoms with Crippen LogP contribution in [0.2, 0.25) is 0 Å². The highest BCUT2D eigenvalue weighted by molar-refractivity contribution is 7.88. The van der Waals surface area contributed by atoms with Gasteiger partial charge in [0.2, 0.25) is 10.0 Å². The third-order valence-electron chi connectivity index (χ3n) is 2.98. The maximum absolute atomic E-state index is 11.4. The van der Waals surface area contributed by atoms with Crippen molar-refractivity contribution in [1.29, 1.82) is 0 Å². The molecule has 0 unspecified atom stereocenters. The average molecular weight is 269 g/mol. The Kier molecular flexibility index (Phi) is 3.15. The molecule has 100 valence electrons. The van der Waals surface area contributed by atoms with E-state index in [4.69, 9.17) is 4.74 Å². The third kappa shape index (κ3) is 3.03. The smallest absolute Gasteiger partial charge is 0.209 e. The molecule has 0 saturated heterocycles. The van der Waals surface area contributed by atoms with E-state index in [1.807, 2.05) is 39.0 Å². The monoisotopic (exact) mass is 269 g/mol. The Bertz CT molecular complexity index is 564. The minimum absolute atomic E-state index is 0.223. The van der Waals surface area contributed by atoms with Crippen LogP contribution >= 0.6 is 0 Å². The number of benzene rings is 1. The van der Waals surface area contributed by atoms with Crippen molar-refractivity contribution >= 4 is 10.0 Å². The Labute approximate surface area is 108 Å². The predicted octanol–water partition coefficient (Wildman–Crippen LogP) is 2.15. The van der Waals surface area contributed by atoms with E-state index in [0.717, 1.165) is 16.9 Å². The summed E-state index contributed by atoms with van der Waals surface area (Å²) in [6, 6.07) is 5.63. The molecule has 2 rings (SSSR count). The van der Waals surface area contributed by atoms with Crippen LogP contribution in [0.15, 0.2) is 18.2 Å². The fourth-order valence-corrected chi connectivity index (χ4v) is 3.05. The minimum Gasteiger partial charge on any atom is -0.487 e. The molecular weight excluding hydrogens is 250 g/mol. The lowest BCUT2D eigenvalue weighted by atomic mass is 9.90. The molecule has 0 amide bonds. The highest BCUT2D eigenvalue weighted by Crippen LogP contribution is 2.40. The summed E-state index contributed by atoms with van der Waals surface area (Å²) in [5, 5.41) is 0. The Morgan fingerprint density at radius 2 is 2.06 bits per heavy atom. The van der Waals surface area contributed by atoms with Gasteiger partial charge in [-0.2, -0.15) is 0 Å². The molecule has 1 heterocycles. The molecule has 1 aliphatic heterocycles. The van der Waals surface area contributed by atoms with E-state index in [1.165, 1.54) is 6.26 Å². The second-order valence-corrected chi connectivity index (χ2v) is 7.33. The molecule has 0 aromatic heterocycles. The summed E-state index contributed by atoms with van der Waals surface area (Å²) >= 11 is 0. The number of nitrogens with one attached hydrogen (secondary N) is 1. The van der Waals surface area contributed by atoms with Gasteiger partial charge in [-0.05, 0) is 32.4 Å². The standard InChI is InChI=1S/C13H19NO3S/c1-9-5-6-10-11(14-18(4,15)16)8-13(2,3)17-12(10)7-9/h5-7,11,14H,8H2,1-4H3/t11-/m0/s1. The highest BCUT2D eigenvalue weighted by Gasteiger charge is 2.34. The zero-order valence-electron chi connectivity index (χ0n) is 11.1. The largest absolute Gasteiger partial charge is 0.487 e. The van der Waals surface area contributed by atoms with Crippen molar-refractivity contribution in [3.63, 3.8) is 0 Å². The van der Waals surface area contributed by atoms with E-state index in [1.54, 1.807) is 0 Å². The van der Waals surface area contributed by atoms with Crippen LogP contribution in [-0.2, 0) is 10.0 Å². The second-order valence-electron chi connectivity index (χ2n) is 5.55. The minimum atomic E-state index is -3.23. The van der Waals surface area contributed by atoms with Gasteiger partial charge in [-0.15, -0.1) is 0 Å². The molecule has 4 nitrogen and oxygen atoms in total. The summed E-state index contributed by atoms with van der Waals surface area (Å²) in [4.78, 5) is 0. The van der Waals surface area contributed by atoms with Gasteiger partial charge >= 0.3 is 0 Å². The molecule has 0 spiro atoms. The topological polar surface area (TPSA) is 55.4 Å². The Hall–Kier alpha value is -1.07. The van der Waals surface area contributed by atoms with E-state index in [9.17, 15) is 8.42 Å². The van der Waals surface area contributed by atoms with Gasteiger partial charge in [0, 0.05) is 12.0 Å². The summed E-state index contributed by atoms with van der Waals surface area (Å²) in [7, 11) is -3.23. The van der Waals surface area contributed by atoms with Gasteiger partial charge in [0.1, 0.15) is 11.4 Å². The van der Waals surface area contributed by atoms with Crippen molar-refractivity contribution in [3.05, 3.63) is 29.3 Å². The number of rotatable bonds is 2. The lowest BCUT2D eigenvalue weighted by Gasteiger charge is -2.37. The summed E-state index contributed by atoms with van der Waals surface area (Å²) in [6.07, 6.45) is 1.81. The van der Waals surface area contributed by atoms with E-state index < -0.39 is 10.0 Å². The van der Waals surface area contributed by atoms with E-state index in [2.05, 4.69) is 4.72 Å². The summed E-state index contributed by atoms with van der Waals surface area (Å²) < 4.78 is 31.5. The first kappa shape index (κ1) is 13.4. The van der Waals surface area contributed by atoms with Gasteiger partial charge in [-0.3, -0.25) is 0 Å². The zero-order chi connectivity index (χ0) is 13.6. The number of sulfonamides is 1. The van der Waals surface area contributed by atoms with Crippen molar-refractivity contribution in [2.45, 2.75) is 38.8 Å². The molecule has 0 saturated carbocycles. The van der Waals surface area contributed by atoms with Crippen LogP contribution in [0.25, 0.3) is 0 Å². The molecule has 0 aliphatic carbocycles. The van der Waals surface area contributed by atoms with Crippen molar-refractivity contribution in [2.75, 3.05) is 6.26 Å². The van der Waals surface area contributed by atoms with Crippen LogP contribution in [0.3, 0.4) is 0 Å². The molecule has 18 heavy (non-hydrogen) atoms. The molecule has 1 N–H and O–H groups in total. The molecule has 1 aromatic rings. The quantitative estimate of drug-likeness (QED) is 0.895. The SMILES string of the molecule is Cc1ccc2c(c1)OC(C)(C)C[C@@H]2NS(C)(=O)=O. The maximum Gasteiger partial charge on any atom is 0.209 e. The van der Waals surface area contributed by atoms with Crippen molar-refractivity contribution in [2.24, 2.45) is 0 Å². The lowest BCUT2D eigenvalue weighted by Crippen LogP contribution is -2.41. The fourth-order valence-electron chi connectivity index (χ4n) is 2.32. The highest BCUT2D eigenvalue weighted by atomic mass is 32.2. The van der Waals surface area contributed by atoms with Crippen molar-refractivity contribution < 1.29 is 13.2 Å². The molecule has 1 aromatic carbocycles. The summed E-state index contributed by atoms with van der Waals surface area (Å²) in [5.41, 5.74) is 1.64. The van der Waals surface area contributed by atoms with Crippen molar-refractivity contribution in [1.82, 2.24) is 4.72 Å². The molecule has 0 radical (unpaired) electrons. The maximum atomic E-state index is 11.4. The van der Waals surface area contributed by atoms with Crippen LogP contribution in [0, 0.1) is 6.92 Å². The number of hydrogen-bond donors (Lipinski definition) is 1. The molecule has 5 heteroatoms. The van der Waals surface area contributed by atoms with Crippen LogP contribution in [0.1, 0.15) is 37.4 Å². The van der Waals surface area contributed by atoms with E-state index in [0.29, 0.717) is 6.42 Å². The third-order valence-corrected chi connectivity index (χ3v) is 3.70. The zero-order valence-corrected chi connectivity index (χ0v) is 12.0. The Balaban J connectivity index is 2.44. The Morgan fingerprint density at radius 1 is 1.39 bits per heavy atom. The van der Waals surface area contributed by atoms with Crippen LogP contribution in [0.5, 0.6) is 5.75 Å². The van der Waals surface area contributed by atoms with Crippen LogP contribution in [-0.4, -0.2) is 20.3 Å². The van der Waals surface area contributed by atoms with Gasteiger partial charge in [0.05, 0.1) is 12.3 Å². The molecule has 1 atom stereocenters. The van der Waals surface area contributed by atoms with E-state index in [-0.39, 0.29) is 11.6 Å². The first-order chi connectivity index (χ1) is 8.16. The second kappa shape index (κ2) is 4.24.